The third kappa shape index (κ3) is 3.28. The molecule has 84 valence electrons. The zero-order valence-electron chi connectivity index (χ0n) is 9.15. The van der Waals surface area contributed by atoms with Crippen molar-refractivity contribution in [1.29, 1.82) is 0 Å². The van der Waals surface area contributed by atoms with Gasteiger partial charge in [0.1, 0.15) is 12.2 Å². The molecule has 0 unspecified atom stereocenters. The van der Waals surface area contributed by atoms with E-state index in [0.29, 0.717) is 6.10 Å². The van der Waals surface area contributed by atoms with E-state index in [9.17, 15) is 0 Å². The number of likely N-dealkylation sites (N-methyl/N-ethyl adjacent to an activating group) is 1. The van der Waals surface area contributed by atoms with E-state index in [-0.39, 0.29) is 0 Å². The van der Waals surface area contributed by atoms with Crippen molar-refractivity contribution in [2.75, 3.05) is 20.2 Å². The maximum absolute atomic E-state index is 5.68. The number of nitrogens with one attached hydrogen (secondary N) is 1. The number of hydrogen-bond donors (Lipinski definition) is 1. The van der Waals surface area contributed by atoms with Crippen LogP contribution in [-0.4, -0.2) is 46.4 Å². The molecule has 0 amide bonds. The molecule has 0 spiro atoms. The van der Waals surface area contributed by atoms with Crippen molar-refractivity contribution >= 4 is 0 Å². The fourth-order valence-electron chi connectivity index (χ4n) is 1.55. The van der Waals surface area contributed by atoms with Gasteiger partial charge in [-0.1, -0.05) is 0 Å². The van der Waals surface area contributed by atoms with Crippen molar-refractivity contribution in [3.8, 4) is 0 Å². The van der Waals surface area contributed by atoms with Crippen molar-refractivity contribution in [2.45, 2.75) is 31.9 Å². The molecule has 1 fully saturated rings. The summed E-state index contributed by atoms with van der Waals surface area (Å²) < 4.78 is 5.68. The lowest BCUT2D eigenvalue weighted by atomic mass is 9.96. The minimum Gasteiger partial charge on any atom is -0.377 e. The highest BCUT2D eigenvalue weighted by Crippen LogP contribution is 2.21. The Morgan fingerprint density at radius 3 is 3.07 bits per heavy atom. The Hall–Kier alpha value is -0.940. The third-order valence-corrected chi connectivity index (χ3v) is 2.76. The lowest BCUT2D eigenvalue weighted by molar-refractivity contribution is -0.00587. The summed E-state index contributed by atoms with van der Waals surface area (Å²) in [7, 11) is 2.06. The van der Waals surface area contributed by atoms with E-state index in [0.717, 1.165) is 25.5 Å². The van der Waals surface area contributed by atoms with Gasteiger partial charge < -0.3 is 4.74 Å². The van der Waals surface area contributed by atoms with Crippen LogP contribution in [0.25, 0.3) is 0 Å². The van der Waals surface area contributed by atoms with E-state index in [2.05, 4.69) is 27.1 Å². The van der Waals surface area contributed by atoms with Gasteiger partial charge in [-0.2, -0.15) is 5.10 Å². The van der Waals surface area contributed by atoms with Crippen LogP contribution in [0.1, 0.15) is 25.1 Å². The summed E-state index contributed by atoms with van der Waals surface area (Å²) in [6.45, 7) is 2.56. The fourth-order valence-corrected chi connectivity index (χ4v) is 1.55. The molecule has 0 bridgehead atoms. The van der Waals surface area contributed by atoms with Gasteiger partial charge in [0.25, 0.3) is 0 Å². The van der Waals surface area contributed by atoms with E-state index in [1.165, 1.54) is 25.6 Å². The van der Waals surface area contributed by atoms with Crippen LogP contribution in [0.15, 0.2) is 6.33 Å². The zero-order chi connectivity index (χ0) is 10.5. The summed E-state index contributed by atoms with van der Waals surface area (Å²) in [4.78, 5) is 6.26. The lowest BCUT2D eigenvalue weighted by Gasteiger charge is -2.26. The molecular formula is C10H18N4O. The molecule has 0 radical (unpaired) electrons. The van der Waals surface area contributed by atoms with E-state index >= 15 is 0 Å². The predicted octanol–water partition coefficient (Wildman–Crippen LogP) is 0.806. The Bertz CT molecular complexity index is 271. The number of aromatic nitrogens is 3. The quantitative estimate of drug-likeness (QED) is 0.754. The molecule has 5 nitrogen and oxygen atoms in total. The minimum atomic E-state index is 0.531. The van der Waals surface area contributed by atoms with Crippen LogP contribution in [0, 0.1) is 0 Å². The summed E-state index contributed by atoms with van der Waals surface area (Å²) in [6.07, 6.45) is 5.88. The summed E-state index contributed by atoms with van der Waals surface area (Å²) in [6, 6.07) is 0. The molecule has 5 heteroatoms. The number of rotatable bonds is 6. The minimum absolute atomic E-state index is 0.531. The van der Waals surface area contributed by atoms with Crippen LogP contribution < -0.4 is 0 Å². The highest BCUT2D eigenvalue weighted by molar-refractivity contribution is 4.79. The first kappa shape index (κ1) is 10.6. The predicted molar refractivity (Wildman–Crippen MR) is 56.3 cm³/mol. The Morgan fingerprint density at radius 1 is 1.60 bits per heavy atom. The van der Waals surface area contributed by atoms with E-state index in [1.807, 2.05) is 0 Å². The monoisotopic (exact) mass is 210 g/mol. The molecule has 0 aliphatic heterocycles. The van der Waals surface area contributed by atoms with Crippen LogP contribution in [0.2, 0.25) is 0 Å². The third-order valence-electron chi connectivity index (χ3n) is 2.76. The van der Waals surface area contributed by atoms with Gasteiger partial charge in [0, 0.05) is 6.54 Å². The number of nitrogens with zero attached hydrogens (tertiary/aromatic N) is 3. The SMILES string of the molecule is CN(CCOC1CCC1)Cc1ncn[nH]1. The summed E-state index contributed by atoms with van der Waals surface area (Å²) in [5.41, 5.74) is 0. The van der Waals surface area contributed by atoms with E-state index < -0.39 is 0 Å². The smallest absolute Gasteiger partial charge is 0.138 e. The summed E-state index contributed by atoms with van der Waals surface area (Å²) in [5, 5.41) is 6.66. The second-order valence-corrected chi connectivity index (χ2v) is 4.09. The van der Waals surface area contributed by atoms with Gasteiger partial charge in [-0.15, -0.1) is 0 Å². The Kier molecular flexibility index (Phi) is 3.69. The van der Waals surface area contributed by atoms with Gasteiger partial charge in [-0.05, 0) is 26.3 Å². The highest BCUT2D eigenvalue weighted by atomic mass is 16.5. The van der Waals surface area contributed by atoms with E-state index in [1.54, 1.807) is 0 Å². The Morgan fingerprint density at radius 2 is 2.47 bits per heavy atom. The molecule has 1 saturated carbocycles. The zero-order valence-corrected chi connectivity index (χ0v) is 9.15. The van der Waals surface area contributed by atoms with Crippen LogP contribution in [0.4, 0.5) is 0 Å². The van der Waals surface area contributed by atoms with Gasteiger partial charge in [-0.25, -0.2) is 4.98 Å². The van der Waals surface area contributed by atoms with Crippen LogP contribution in [0.5, 0.6) is 0 Å². The largest absolute Gasteiger partial charge is 0.377 e. The van der Waals surface area contributed by atoms with Gasteiger partial charge in [-0.3, -0.25) is 10.00 Å². The van der Waals surface area contributed by atoms with Crippen LogP contribution >= 0.6 is 0 Å². The molecule has 0 atom stereocenters. The molecule has 1 N–H and O–H groups in total. The first-order chi connectivity index (χ1) is 7.34. The van der Waals surface area contributed by atoms with Crippen molar-refractivity contribution in [3.05, 3.63) is 12.2 Å². The van der Waals surface area contributed by atoms with Crippen molar-refractivity contribution in [2.24, 2.45) is 0 Å². The molecule has 1 aliphatic carbocycles. The van der Waals surface area contributed by atoms with Crippen molar-refractivity contribution in [1.82, 2.24) is 20.1 Å². The van der Waals surface area contributed by atoms with Gasteiger partial charge in [0.2, 0.25) is 0 Å². The second-order valence-electron chi connectivity index (χ2n) is 4.09. The Labute approximate surface area is 89.8 Å². The molecule has 1 aromatic heterocycles. The number of hydrogen-bond acceptors (Lipinski definition) is 4. The average Bonchev–Trinajstić information content (AvgIpc) is 2.62. The van der Waals surface area contributed by atoms with E-state index in [4.69, 9.17) is 4.74 Å². The van der Waals surface area contributed by atoms with Gasteiger partial charge >= 0.3 is 0 Å². The average molecular weight is 210 g/mol. The van der Waals surface area contributed by atoms with Gasteiger partial charge in [0.05, 0.1) is 19.3 Å². The maximum Gasteiger partial charge on any atom is 0.138 e. The molecule has 0 aromatic carbocycles. The topological polar surface area (TPSA) is 54.0 Å². The standard InChI is InChI=1S/C10H18N4O/c1-14(7-10-11-8-12-13-10)5-6-15-9-3-2-4-9/h8-9H,2-7H2,1H3,(H,11,12,13). The number of aromatic amines is 1. The normalized spacial score (nSPS) is 16.9. The first-order valence-electron chi connectivity index (χ1n) is 5.49. The summed E-state index contributed by atoms with van der Waals surface area (Å²) >= 11 is 0. The number of H-pyrrole nitrogens is 1. The van der Waals surface area contributed by atoms with Crippen molar-refractivity contribution < 1.29 is 4.74 Å². The molecular weight excluding hydrogens is 192 g/mol. The highest BCUT2D eigenvalue weighted by Gasteiger charge is 2.17. The van der Waals surface area contributed by atoms with Gasteiger partial charge in [0.15, 0.2) is 0 Å². The number of ether oxygens (including phenoxy) is 1. The lowest BCUT2D eigenvalue weighted by Crippen LogP contribution is -2.28. The summed E-state index contributed by atoms with van der Waals surface area (Å²) in [5.74, 6) is 0.904. The second kappa shape index (κ2) is 5.23. The fraction of sp³-hybridized carbons (Fsp3) is 0.800. The first-order valence-corrected chi connectivity index (χ1v) is 5.49. The maximum atomic E-state index is 5.68. The van der Waals surface area contributed by atoms with Crippen LogP contribution in [-0.2, 0) is 11.3 Å². The van der Waals surface area contributed by atoms with Crippen molar-refractivity contribution in [3.63, 3.8) is 0 Å². The van der Waals surface area contributed by atoms with Crippen LogP contribution in [0.3, 0.4) is 0 Å². The molecule has 1 heterocycles. The molecule has 1 aromatic rings. The molecule has 2 rings (SSSR count). The molecule has 15 heavy (non-hydrogen) atoms. The molecule has 1 aliphatic rings. The Balaban J connectivity index is 1.57. The molecule has 0 saturated heterocycles.